The van der Waals surface area contributed by atoms with Crippen LogP contribution in [0, 0.1) is 11.3 Å². The van der Waals surface area contributed by atoms with Crippen LogP contribution in [-0.4, -0.2) is 21.2 Å². The zero-order valence-corrected chi connectivity index (χ0v) is 11.1. The Labute approximate surface area is 121 Å². The summed E-state index contributed by atoms with van der Waals surface area (Å²) in [6, 6.07) is 9.14. The van der Waals surface area contributed by atoms with Crippen LogP contribution in [0.1, 0.15) is 17.0 Å². The highest BCUT2D eigenvalue weighted by molar-refractivity contribution is 5.74. The van der Waals surface area contributed by atoms with Gasteiger partial charge in [-0.1, -0.05) is 18.7 Å². The lowest BCUT2D eigenvalue weighted by Gasteiger charge is -2.01. The van der Waals surface area contributed by atoms with Crippen LogP contribution in [0.15, 0.2) is 48.3 Å². The molecule has 0 aliphatic rings. The van der Waals surface area contributed by atoms with E-state index in [1.807, 2.05) is 12.1 Å². The van der Waals surface area contributed by atoms with Gasteiger partial charge in [0.1, 0.15) is 0 Å². The molecular formula is C14H12N6O. The number of hydrogen-bond donors (Lipinski definition) is 1. The first-order chi connectivity index (χ1) is 10.2. The third-order valence-corrected chi connectivity index (χ3v) is 2.46. The number of benzene rings is 1. The van der Waals surface area contributed by atoms with Crippen LogP contribution < -0.4 is 5.73 Å². The highest BCUT2D eigenvalue weighted by atomic mass is 16.5. The first kappa shape index (κ1) is 14.1. The molecule has 21 heavy (non-hydrogen) atoms. The van der Waals surface area contributed by atoms with Crippen molar-refractivity contribution < 1.29 is 4.74 Å². The molecule has 7 nitrogen and oxygen atoms in total. The largest absolute Gasteiger partial charge is 0.435 e. The second-order valence-corrected chi connectivity index (χ2v) is 3.95. The molecule has 0 atom stereocenters. The first-order valence-electron chi connectivity index (χ1n) is 6.00. The molecule has 0 bridgehead atoms. The van der Waals surface area contributed by atoms with Crippen LogP contribution in [0.4, 0.5) is 5.82 Å². The molecule has 0 saturated carbocycles. The van der Waals surface area contributed by atoms with Gasteiger partial charge in [-0.2, -0.15) is 15.4 Å². The number of hydrogen-bond acceptors (Lipinski definition) is 6. The normalized spacial score (nSPS) is 10.7. The summed E-state index contributed by atoms with van der Waals surface area (Å²) in [5.41, 5.74) is 7.06. The van der Waals surface area contributed by atoms with E-state index in [1.54, 1.807) is 12.1 Å². The summed E-state index contributed by atoms with van der Waals surface area (Å²) in [6.07, 6.45) is 3.02. The van der Waals surface area contributed by atoms with Gasteiger partial charge in [0.05, 0.1) is 24.1 Å². The van der Waals surface area contributed by atoms with Crippen LogP contribution in [0.3, 0.4) is 0 Å². The average Bonchev–Trinajstić information content (AvgIpc) is 2.48. The van der Waals surface area contributed by atoms with Gasteiger partial charge in [0, 0.05) is 6.42 Å². The molecule has 1 heterocycles. The van der Waals surface area contributed by atoms with E-state index in [2.05, 4.69) is 32.8 Å². The Kier molecular flexibility index (Phi) is 4.56. The molecular weight excluding hydrogens is 268 g/mol. The van der Waals surface area contributed by atoms with E-state index in [0.29, 0.717) is 23.6 Å². The number of nitrogens with two attached hydrogens (primary N) is 1. The quantitative estimate of drug-likeness (QED) is 0.515. The van der Waals surface area contributed by atoms with Gasteiger partial charge in [-0.05, 0) is 17.7 Å². The van der Waals surface area contributed by atoms with Gasteiger partial charge in [-0.25, -0.2) is 4.98 Å². The van der Waals surface area contributed by atoms with E-state index in [1.165, 1.54) is 12.5 Å². The molecule has 7 heteroatoms. The van der Waals surface area contributed by atoms with Crippen molar-refractivity contribution in [3.8, 4) is 6.07 Å². The number of nitrogens with zero attached hydrogens (tertiary/aromatic N) is 5. The maximum atomic E-state index is 8.75. The molecule has 2 N–H and O–H groups in total. The van der Waals surface area contributed by atoms with E-state index in [9.17, 15) is 0 Å². The maximum absolute atomic E-state index is 8.75. The minimum absolute atomic E-state index is 0.0742. The summed E-state index contributed by atoms with van der Waals surface area (Å²) in [5.74, 6) is 0.792. The fourth-order valence-electron chi connectivity index (χ4n) is 1.56. The van der Waals surface area contributed by atoms with Crippen LogP contribution >= 0.6 is 0 Å². The molecule has 0 unspecified atom stereocenters. The predicted molar refractivity (Wildman–Crippen MR) is 76.4 cm³/mol. The first-order valence-corrected chi connectivity index (χ1v) is 6.00. The van der Waals surface area contributed by atoms with Gasteiger partial charge < -0.3 is 10.5 Å². The molecule has 0 saturated heterocycles. The molecule has 2 aromatic rings. The average molecular weight is 280 g/mol. The summed E-state index contributed by atoms with van der Waals surface area (Å²) in [7, 11) is 0. The summed E-state index contributed by atoms with van der Waals surface area (Å²) < 4.78 is 4.80. The van der Waals surface area contributed by atoms with Crippen LogP contribution in [0.5, 0.6) is 0 Å². The lowest BCUT2D eigenvalue weighted by Crippen LogP contribution is -2.12. The Morgan fingerprint density at radius 3 is 2.86 bits per heavy atom. The molecule has 1 aromatic heterocycles. The Hall–Kier alpha value is -3.27. The smallest absolute Gasteiger partial charge is 0.293 e. The van der Waals surface area contributed by atoms with Crippen molar-refractivity contribution in [3.05, 3.63) is 60.3 Å². The van der Waals surface area contributed by atoms with Crippen LogP contribution in [0.25, 0.3) is 0 Å². The topological polar surface area (TPSA) is 110 Å². The van der Waals surface area contributed by atoms with E-state index < -0.39 is 0 Å². The van der Waals surface area contributed by atoms with Crippen molar-refractivity contribution in [1.29, 1.82) is 5.26 Å². The van der Waals surface area contributed by atoms with E-state index >= 15 is 0 Å². The number of amidine groups is 1. The van der Waals surface area contributed by atoms with Crippen molar-refractivity contribution in [2.75, 3.05) is 0 Å². The minimum atomic E-state index is -0.0742. The summed E-state index contributed by atoms with van der Waals surface area (Å²) in [6.45, 7) is 3.38. The molecule has 0 fully saturated rings. The molecule has 0 aliphatic heterocycles. The Bertz CT molecular complexity index is 702. The zero-order chi connectivity index (χ0) is 15.1. The van der Waals surface area contributed by atoms with E-state index in [-0.39, 0.29) is 6.02 Å². The zero-order valence-electron chi connectivity index (χ0n) is 11.1. The van der Waals surface area contributed by atoms with Gasteiger partial charge in [0.2, 0.25) is 0 Å². The predicted octanol–water partition coefficient (Wildman–Crippen LogP) is 1.44. The Balaban J connectivity index is 2.15. The highest BCUT2D eigenvalue weighted by Gasteiger charge is 2.03. The maximum Gasteiger partial charge on any atom is 0.293 e. The fourth-order valence-corrected chi connectivity index (χ4v) is 1.56. The number of aliphatic imine (C=N–C) groups is 1. The highest BCUT2D eigenvalue weighted by Crippen LogP contribution is 2.10. The lowest BCUT2D eigenvalue weighted by molar-refractivity contribution is 0.466. The third kappa shape index (κ3) is 4.11. The second-order valence-electron chi connectivity index (χ2n) is 3.95. The number of aromatic nitrogens is 3. The third-order valence-electron chi connectivity index (χ3n) is 2.46. The SMILES string of the molecule is C=CO/C(N)=N/c1cnnc(Cc2ccc(C#N)cc2)n1. The summed E-state index contributed by atoms with van der Waals surface area (Å²) in [4.78, 5) is 8.14. The monoisotopic (exact) mass is 280 g/mol. The van der Waals surface area contributed by atoms with Gasteiger partial charge in [0.15, 0.2) is 11.6 Å². The van der Waals surface area contributed by atoms with Crippen molar-refractivity contribution in [2.24, 2.45) is 10.7 Å². The van der Waals surface area contributed by atoms with Gasteiger partial charge >= 0.3 is 0 Å². The Morgan fingerprint density at radius 2 is 2.19 bits per heavy atom. The molecule has 0 radical (unpaired) electrons. The van der Waals surface area contributed by atoms with E-state index in [0.717, 1.165) is 5.56 Å². The lowest BCUT2D eigenvalue weighted by atomic mass is 10.1. The van der Waals surface area contributed by atoms with Gasteiger partial charge in [-0.3, -0.25) is 0 Å². The molecule has 104 valence electrons. The van der Waals surface area contributed by atoms with Gasteiger partial charge in [0.25, 0.3) is 6.02 Å². The van der Waals surface area contributed by atoms with E-state index in [4.69, 9.17) is 15.7 Å². The minimum Gasteiger partial charge on any atom is -0.435 e. The number of ether oxygens (including phenoxy) is 1. The number of rotatable bonds is 4. The molecule has 2 rings (SSSR count). The standard InChI is InChI=1S/C14H12N6O/c1-2-21-14(16)19-13-9-17-20-12(18-13)7-10-3-5-11(8-15)6-4-10/h2-6,9H,1,7H2,(H2,16,18,19,20). The fraction of sp³-hybridized carbons (Fsp3) is 0.0714. The van der Waals surface area contributed by atoms with Crippen LogP contribution in [-0.2, 0) is 11.2 Å². The second kappa shape index (κ2) is 6.77. The van der Waals surface area contributed by atoms with Gasteiger partial charge in [-0.15, -0.1) is 5.10 Å². The van der Waals surface area contributed by atoms with Crippen molar-refractivity contribution >= 4 is 11.8 Å². The molecule has 0 amide bonds. The van der Waals surface area contributed by atoms with Crippen molar-refractivity contribution in [3.63, 3.8) is 0 Å². The summed E-state index contributed by atoms with van der Waals surface area (Å²) >= 11 is 0. The Morgan fingerprint density at radius 1 is 1.43 bits per heavy atom. The molecule has 1 aromatic carbocycles. The molecule has 0 spiro atoms. The van der Waals surface area contributed by atoms with Crippen molar-refractivity contribution in [2.45, 2.75) is 6.42 Å². The number of nitriles is 1. The summed E-state index contributed by atoms with van der Waals surface area (Å²) in [5, 5.41) is 16.5. The van der Waals surface area contributed by atoms with Crippen LogP contribution in [0.2, 0.25) is 0 Å². The van der Waals surface area contributed by atoms with Crippen molar-refractivity contribution in [1.82, 2.24) is 15.2 Å². The molecule has 0 aliphatic carbocycles.